The van der Waals surface area contributed by atoms with Crippen molar-refractivity contribution in [1.82, 2.24) is 10.2 Å². The lowest BCUT2D eigenvalue weighted by Gasteiger charge is -2.73. The minimum absolute atomic E-state index is 0.0357. The molecule has 0 amide bonds. The van der Waals surface area contributed by atoms with Crippen LogP contribution in [0.2, 0.25) is 0 Å². The number of carbonyl (C=O) groups excluding carboxylic acids is 1. The van der Waals surface area contributed by atoms with Crippen LogP contribution in [0.25, 0.3) is 0 Å². The van der Waals surface area contributed by atoms with E-state index >= 15 is 0 Å². The van der Waals surface area contributed by atoms with Crippen LogP contribution >= 0.6 is 0 Å². The summed E-state index contributed by atoms with van der Waals surface area (Å²) >= 11 is 0. The van der Waals surface area contributed by atoms with Gasteiger partial charge in [0.2, 0.25) is 0 Å². The number of carboxylic acid groups (broad SMARTS) is 1. The van der Waals surface area contributed by atoms with Crippen molar-refractivity contribution in [3.05, 3.63) is 0 Å². The van der Waals surface area contributed by atoms with Crippen LogP contribution in [0, 0.1) is 74.4 Å². The fourth-order valence-corrected chi connectivity index (χ4v) is 17.3. The molecule has 1 saturated heterocycles. The van der Waals surface area contributed by atoms with Crippen LogP contribution in [0.4, 0.5) is 0 Å². The molecule has 0 bridgehead atoms. The molecule has 0 spiro atoms. The standard InChI is InChI=1S/C46H78N2O7S/c1-28(2)30-13-19-46(47-22-16-34(29(3)49)48-23-25-56(53,54)26-24-48)21-20-44(9)31(38(30)46)11-12-36-43(8)17-15-37(42(6,7)35(43)14-18-45(36,44)10)55-40(52)33-27-32(39(50)51)41(33,4)5/h28-38,47,49H,11-27H2,1-10H3,(H,50,51)/t29-,30-,31+,32-,33+,34+,35-,36+,37-,38+,43-,44+,45+,46-/m0/s1. The molecule has 7 fully saturated rings. The number of nitrogens with zero attached hydrogens (tertiary/aromatic N) is 1. The maximum absolute atomic E-state index is 13.6. The molecule has 0 aromatic heterocycles. The second-order valence-electron chi connectivity index (χ2n) is 22.8. The summed E-state index contributed by atoms with van der Waals surface area (Å²) in [6.07, 6.45) is 12.3. The van der Waals surface area contributed by atoms with Crippen molar-refractivity contribution < 1.29 is 33.0 Å². The van der Waals surface area contributed by atoms with Gasteiger partial charge in [-0.25, -0.2) is 8.42 Å². The number of aliphatic hydroxyl groups is 1. The first kappa shape index (κ1) is 42.9. The first-order chi connectivity index (χ1) is 26.0. The molecular formula is C46H78N2O7S. The summed E-state index contributed by atoms with van der Waals surface area (Å²) in [6.45, 7) is 25.2. The summed E-state index contributed by atoms with van der Waals surface area (Å²) in [7, 11) is -2.98. The number of fused-ring (bicyclic) bond motifs is 7. The van der Waals surface area contributed by atoms with Crippen LogP contribution in [0.15, 0.2) is 0 Å². The van der Waals surface area contributed by atoms with Crippen molar-refractivity contribution in [2.24, 2.45) is 74.4 Å². The topological polar surface area (TPSA) is 133 Å². The van der Waals surface area contributed by atoms with E-state index in [0.29, 0.717) is 55.0 Å². The normalized spacial score (nSPS) is 46.3. The van der Waals surface area contributed by atoms with Crippen LogP contribution in [0.3, 0.4) is 0 Å². The highest BCUT2D eigenvalue weighted by Gasteiger charge is 2.71. The number of ether oxygens (including phenoxy) is 1. The number of nitrogens with one attached hydrogen (secondary N) is 1. The molecule has 0 unspecified atom stereocenters. The molecule has 1 heterocycles. The predicted molar refractivity (Wildman–Crippen MR) is 221 cm³/mol. The van der Waals surface area contributed by atoms with Crippen molar-refractivity contribution in [3.63, 3.8) is 0 Å². The molecule has 6 aliphatic carbocycles. The third-order valence-electron chi connectivity index (χ3n) is 19.7. The SMILES string of the molecule is CC(C)[C@@H]1CC[C@]2(NCC[C@H]([C@H](C)O)N3CCS(=O)(=O)CC3)CC[C@]3(C)[C@H](CC[C@@H]4[C@@]5(C)CC[C@H](OC(=O)[C@H]6C[C@@H](C(=O)O)C6(C)C)C(C)(C)[C@@H]5CC[C@]43C)[C@@H]12. The van der Waals surface area contributed by atoms with Crippen molar-refractivity contribution in [2.45, 2.75) is 170 Å². The van der Waals surface area contributed by atoms with Crippen LogP contribution < -0.4 is 5.32 Å². The van der Waals surface area contributed by atoms with Gasteiger partial charge >= 0.3 is 11.9 Å². The number of rotatable bonds is 10. The number of carbonyl (C=O) groups is 2. The van der Waals surface area contributed by atoms with Gasteiger partial charge in [0.15, 0.2) is 9.84 Å². The monoisotopic (exact) mass is 803 g/mol. The Kier molecular flexibility index (Phi) is 11.1. The minimum Gasteiger partial charge on any atom is -0.481 e. The zero-order valence-corrected chi connectivity index (χ0v) is 37.5. The van der Waals surface area contributed by atoms with Crippen molar-refractivity contribution in [2.75, 3.05) is 31.1 Å². The van der Waals surface area contributed by atoms with Crippen LogP contribution in [-0.2, 0) is 24.2 Å². The Morgan fingerprint density at radius 2 is 1.48 bits per heavy atom. The van der Waals surface area contributed by atoms with Gasteiger partial charge in [-0.1, -0.05) is 62.3 Å². The largest absolute Gasteiger partial charge is 0.481 e. The first-order valence-corrected chi connectivity index (χ1v) is 24.6. The Morgan fingerprint density at radius 3 is 2.09 bits per heavy atom. The third kappa shape index (κ3) is 6.57. The van der Waals surface area contributed by atoms with E-state index in [0.717, 1.165) is 32.2 Å². The molecule has 0 aromatic rings. The molecule has 7 rings (SSSR count). The van der Waals surface area contributed by atoms with Crippen molar-refractivity contribution >= 4 is 21.8 Å². The van der Waals surface area contributed by atoms with E-state index in [1.165, 1.54) is 44.9 Å². The lowest BCUT2D eigenvalue weighted by Crippen LogP contribution is -2.69. The average Bonchev–Trinajstić information content (AvgIpc) is 3.48. The second kappa shape index (κ2) is 14.5. The van der Waals surface area contributed by atoms with Gasteiger partial charge in [0.1, 0.15) is 6.10 Å². The summed E-state index contributed by atoms with van der Waals surface area (Å²) in [4.78, 5) is 27.7. The number of aliphatic hydroxyl groups excluding tert-OH is 1. The number of hydrogen-bond acceptors (Lipinski definition) is 8. The van der Waals surface area contributed by atoms with Gasteiger partial charge < -0.3 is 20.3 Å². The minimum atomic E-state index is -2.98. The van der Waals surface area contributed by atoms with E-state index < -0.39 is 33.2 Å². The molecule has 0 radical (unpaired) electrons. The number of hydrogen-bond donors (Lipinski definition) is 3. The van der Waals surface area contributed by atoms with E-state index in [9.17, 15) is 28.2 Å². The number of carboxylic acids is 1. The summed E-state index contributed by atoms with van der Waals surface area (Å²) in [5.41, 5.74) is 0.00279. The van der Waals surface area contributed by atoms with Crippen molar-refractivity contribution in [3.8, 4) is 0 Å². The van der Waals surface area contributed by atoms with Gasteiger partial charge in [-0.15, -0.1) is 0 Å². The lowest BCUT2D eigenvalue weighted by molar-refractivity contribution is -0.249. The van der Waals surface area contributed by atoms with Gasteiger partial charge in [-0.05, 0) is 148 Å². The smallest absolute Gasteiger partial charge is 0.309 e. The van der Waals surface area contributed by atoms with Crippen LogP contribution in [0.5, 0.6) is 0 Å². The Bertz CT molecular complexity index is 1610. The summed E-state index contributed by atoms with van der Waals surface area (Å²) in [6, 6.07) is -0.0357. The quantitative estimate of drug-likeness (QED) is 0.191. The molecule has 10 heteroatoms. The Morgan fingerprint density at radius 1 is 0.804 bits per heavy atom. The number of aliphatic carboxylic acids is 1. The summed E-state index contributed by atoms with van der Waals surface area (Å²) in [5, 5.41) is 24.8. The summed E-state index contributed by atoms with van der Waals surface area (Å²) in [5.74, 6) is 2.20. The maximum Gasteiger partial charge on any atom is 0.309 e. The van der Waals surface area contributed by atoms with Gasteiger partial charge in [-0.2, -0.15) is 0 Å². The Labute approximate surface area is 339 Å². The molecule has 0 aromatic carbocycles. The van der Waals surface area contributed by atoms with E-state index in [1.807, 2.05) is 20.8 Å². The fourth-order valence-electron chi connectivity index (χ4n) is 16.1. The Hall–Kier alpha value is -1.23. The van der Waals surface area contributed by atoms with E-state index in [1.54, 1.807) is 0 Å². The molecule has 320 valence electrons. The lowest BCUT2D eigenvalue weighted by atomic mass is 9.32. The van der Waals surface area contributed by atoms with Crippen molar-refractivity contribution in [1.29, 1.82) is 0 Å². The van der Waals surface area contributed by atoms with Gasteiger partial charge in [0.05, 0.1) is 29.4 Å². The highest BCUT2D eigenvalue weighted by molar-refractivity contribution is 7.91. The van der Waals surface area contributed by atoms with E-state index in [-0.39, 0.29) is 62.7 Å². The average molecular weight is 803 g/mol. The van der Waals surface area contributed by atoms with Crippen LogP contribution in [0.1, 0.15) is 146 Å². The maximum atomic E-state index is 13.6. The van der Waals surface area contributed by atoms with E-state index in [2.05, 4.69) is 58.7 Å². The molecule has 3 N–H and O–H groups in total. The summed E-state index contributed by atoms with van der Waals surface area (Å²) < 4.78 is 30.8. The fraction of sp³-hybridized carbons (Fsp3) is 0.957. The Balaban J connectivity index is 1.07. The van der Waals surface area contributed by atoms with Gasteiger partial charge in [-0.3, -0.25) is 14.5 Å². The number of esters is 1. The molecule has 9 nitrogen and oxygen atoms in total. The predicted octanol–water partition coefficient (Wildman–Crippen LogP) is 7.59. The highest BCUT2D eigenvalue weighted by Crippen LogP contribution is 2.76. The zero-order chi connectivity index (χ0) is 41.0. The van der Waals surface area contributed by atoms with E-state index in [4.69, 9.17) is 4.74 Å². The zero-order valence-electron chi connectivity index (χ0n) is 36.7. The third-order valence-corrected chi connectivity index (χ3v) is 21.3. The molecule has 56 heavy (non-hydrogen) atoms. The van der Waals surface area contributed by atoms with Crippen LogP contribution in [-0.4, -0.2) is 90.4 Å². The number of sulfone groups is 1. The highest BCUT2D eigenvalue weighted by atomic mass is 32.2. The molecule has 14 atom stereocenters. The van der Waals surface area contributed by atoms with Gasteiger partial charge in [0.25, 0.3) is 0 Å². The molecule has 7 aliphatic rings. The first-order valence-electron chi connectivity index (χ1n) is 22.8. The van der Waals surface area contributed by atoms with Gasteiger partial charge in [0, 0.05) is 30.1 Å². The molecule has 6 saturated carbocycles. The molecular weight excluding hydrogens is 725 g/mol. The molecule has 1 aliphatic heterocycles. The second-order valence-corrected chi connectivity index (χ2v) is 25.1.